The number of hydrogen-bond donors (Lipinski definition) is 1. The molecule has 2 aromatic rings. The second-order valence-corrected chi connectivity index (χ2v) is 6.30. The van der Waals surface area contributed by atoms with Crippen LogP contribution in [0.1, 0.15) is 15.9 Å². The number of primary sulfonamides is 1. The van der Waals surface area contributed by atoms with E-state index in [9.17, 15) is 17.6 Å². The molecule has 2 N–H and O–H groups in total. The van der Waals surface area contributed by atoms with Crippen LogP contribution in [0.5, 0.6) is 5.75 Å². The van der Waals surface area contributed by atoms with Gasteiger partial charge < -0.3 is 4.74 Å². The van der Waals surface area contributed by atoms with Crippen molar-refractivity contribution >= 4 is 27.4 Å². The highest BCUT2D eigenvalue weighted by Gasteiger charge is 2.19. The van der Waals surface area contributed by atoms with Crippen LogP contribution in [0.3, 0.4) is 0 Å². The Morgan fingerprint density at radius 1 is 1.23 bits per heavy atom. The molecule has 5 nitrogen and oxygen atoms in total. The molecule has 0 amide bonds. The largest absolute Gasteiger partial charge is 0.497 e. The van der Waals surface area contributed by atoms with Crippen molar-refractivity contribution in [3.63, 3.8) is 0 Å². The van der Waals surface area contributed by atoms with Crippen molar-refractivity contribution in [2.75, 3.05) is 7.11 Å². The van der Waals surface area contributed by atoms with E-state index in [2.05, 4.69) is 0 Å². The van der Waals surface area contributed by atoms with E-state index in [1.165, 1.54) is 31.4 Å². The van der Waals surface area contributed by atoms with E-state index in [1.807, 2.05) is 0 Å². The van der Waals surface area contributed by atoms with Gasteiger partial charge in [-0.2, -0.15) is 0 Å². The lowest BCUT2D eigenvalue weighted by atomic mass is 10.0. The molecule has 0 fully saturated rings. The number of benzene rings is 2. The standard InChI is InChI=1S/C14H11ClFNO4S/c1-21-9-3-4-10(12(16)7-9)14(18)8-2-5-11(15)13(6-8)22(17,19)20/h2-7H,1H3,(H2,17,19,20). The lowest BCUT2D eigenvalue weighted by Crippen LogP contribution is -2.14. The smallest absolute Gasteiger partial charge is 0.239 e. The third-order valence-corrected chi connectivity index (χ3v) is 4.31. The SMILES string of the molecule is COc1ccc(C(=O)c2ccc(Cl)c(S(N)(=O)=O)c2)c(F)c1. The zero-order valence-electron chi connectivity index (χ0n) is 11.3. The van der Waals surface area contributed by atoms with Crippen LogP contribution in [0.15, 0.2) is 41.3 Å². The highest BCUT2D eigenvalue weighted by atomic mass is 35.5. The first-order valence-electron chi connectivity index (χ1n) is 5.94. The topological polar surface area (TPSA) is 86.5 Å². The first-order chi connectivity index (χ1) is 10.2. The molecule has 116 valence electrons. The number of hydrogen-bond acceptors (Lipinski definition) is 4. The van der Waals surface area contributed by atoms with Gasteiger partial charge >= 0.3 is 0 Å². The molecule has 0 aromatic heterocycles. The number of carbonyl (C=O) groups is 1. The van der Waals surface area contributed by atoms with Gasteiger partial charge in [0.1, 0.15) is 16.5 Å². The highest BCUT2D eigenvalue weighted by molar-refractivity contribution is 7.89. The fourth-order valence-corrected chi connectivity index (χ4v) is 2.90. The van der Waals surface area contributed by atoms with E-state index in [4.69, 9.17) is 21.5 Å². The van der Waals surface area contributed by atoms with Gasteiger partial charge in [-0.15, -0.1) is 0 Å². The number of rotatable bonds is 4. The van der Waals surface area contributed by atoms with Gasteiger partial charge in [-0.1, -0.05) is 11.6 Å². The van der Waals surface area contributed by atoms with E-state index in [0.717, 1.165) is 12.1 Å². The molecule has 0 aliphatic heterocycles. The van der Waals surface area contributed by atoms with Crippen LogP contribution in [0, 0.1) is 5.82 Å². The van der Waals surface area contributed by atoms with Crippen molar-refractivity contribution in [3.8, 4) is 5.75 Å². The van der Waals surface area contributed by atoms with Crippen LogP contribution in [0.4, 0.5) is 4.39 Å². The number of ketones is 1. The maximum Gasteiger partial charge on any atom is 0.239 e. The second kappa shape index (κ2) is 6.04. The van der Waals surface area contributed by atoms with Gasteiger partial charge in [0, 0.05) is 11.6 Å². The Balaban J connectivity index is 2.51. The quantitative estimate of drug-likeness (QED) is 0.863. The normalized spacial score (nSPS) is 11.3. The Labute approximate surface area is 131 Å². The zero-order valence-corrected chi connectivity index (χ0v) is 12.9. The number of halogens is 2. The van der Waals surface area contributed by atoms with E-state index >= 15 is 0 Å². The van der Waals surface area contributed by atoms with Gasteiger partial charge in [0.05, 0.1) is 17.7 Å². The predicted octanol–water partition coefficient (Wildman–Crippen LogP) is 2.37. The average Bonchev–Trinajstić information content (AvgIpc) is 2.45. The fraction of sp³-hybridized carbons (Fsp3) is 0.0714. The van der Waals surface area contributed by atoms with Gasteiger partial charge in [0.25, 0.3) is 0 Å². The Morgan fingerprint density at radius 2 is 1.91 bits per heavy atom. The molecule has 0 bridgehead atoms. The third kappa shape index (κ3) is 3.27. The van der Waals surface area contributed by atoms with Gasteiger partial charge in [0.2, 0.25) is 10.0 Å². The maximum atomic E-state index is 13.9. The summed E-state index contributed by atoms with van der Waals surface area (Å²) >= 11 is 5.74. The summed E-state index contributed by atoms with van der Waals surface area (Å²) < 4.78 is 41.6. The van der Waals surface area contributed by atoms with Gasteiger partial charge in [-0.05, 0) is 30.3 Å². The fourth-order valence-electron chi connectivity index (χ4n) is 1.83. The summed E-state index contributed by atoms with van der Waals surface area (Å²) in [6, 6.07) is 7.26. The van der Waals surface area contributed by atoms with Crippen LogP contribution >= 0.6 is 11.6 Å². The zero-order chi connectivity index (χ0) is 16.5. The van der Waals surface area contributed by atoms with Crippen molar-refractivity contribution < 1.29 is 22.3 Å². The van der Waals surface area contributed by atoms with Gasteiger partial charge in [-0.3, -0.25) is 4.79 Å². The number of nitrogens with two attached hydrogens (primary N) is 1. The minimum Gasteiger partial charge on any atom is -0.497 e. The van der Waals surface area contributed by atoms with Crippen molar-refractivity contribution in [3.05, 3.63) is 58.4 Å². The molecule has 0 spiro atoms. The summed E-state index contributed by atoms with van der Waals surface area (Å²) in [6.45, 7) is 0. The molecule has 0 saturated carbocycles. The number of sulfonamides is 1. The third-order valence-electron chi connectivity index (χ3n) is 2.92. The van der Waals surface area contributed by atoms with Crippen LogP contribution < -0.4 is 9.88 Å². The average molecular weight is 344 g/mol. The molecule has 0 heterocycles. The molecule has 0 unspecified atom stereocenters. The van der Waals surface area contributed by atoms with E-state index in [1.54, 1.807) is 0 Å². The molecular weight excluding hydrogens is 333 g/mol. The lowest BCUT2D eigenvalue weighted by Gasteiger charge is -2.07. The van der Waals surface area contributed by atoms with Gasteiger partial charge in [-0.25, -0.2) is 17.9 Å². The van der Waals surface area contributed by atoms with Crippen LogP contribution in [-0.2, 0) is 10.0 Å². The summed E-state index contributed by atoms with van der Waals surface area (Å²) in [5.41, 5.74) is -0.263. The molecule has 2 aromatic carbocycles. The Bertz CT molecular complexity index is 852. The first-order valence-corrected chi connectivity index (χ1v) is 7.87. The number of ether oxygens (including phenoxy) is 1. The van der Waals surface area contributed by atoms with Crippen LogP contribution in [0.25, 0.3) is 0 Å². The van der Waals surface area contributed by atoms with Crippen LogP contribution in [0.2, 0.25) is 5.02 Å². The molecular formula is C14H11ClFNO4S. The molecule has 0 saturated heterocycles. The summed E-state index contributed by atoms with van der Waals surface area (Å²) in [7, 11) is -2.72. The van der Waals surface area contributed by atoms with Crippen molar-refractivity contribution in [2.24, 2.45) is 5.14 Å². The van der Waals surface area contributed by atoms with Crippen LogP contribution in [-0.4, -0.2) is 21.3 Å². The second-order valence-electron chi connectivity index (χ2n) is 4.37. The van der Waals surface area contributed by atoms with E-state index < -0.39 is 26.5 Å². The Morgan fingerprint density at radius 3 is 2.45 bits per heavy atom. The predicted molar refractivity (Wildman–Crippen MR) is 79.2 cm³/mol. The van der Waals surface area contributed by atoms with Crippen molar-refractivity contribution in [2.45, 2.75) is 4.90 Å². The molecule has 0 atom stereocenters. The summed E-state index contributed by atoms with van der Waals surface area (Å²) in [4.78, 5) is 11.9. The van der Waals surface area contributed by atoms with Crippen molar-refractivity contribution in [1.29, 1.82) is 0 Å². The number of methoxy groups -OCH3 is 1. The first kappa shape index (κ1) is 16.4. The number of carbonyl (C=O) groups excluding carboxylic acids is 1. The molecule has 0 aliphatic carbocycles. The van der Waals surface area contributed by atoms with E-state index in [0.29, 0.717) is 0 Å². The summed E-state index contributed by atoms with van der Waals surface area (Å²) in [6.07, 6.45) is 0. The van der Waals surface area contributed by atoms with Gasteiger partial charge in [0.15, 0.2) is 5.78 Å². The van der Waals surface area contributed by atoms with Crippen molar-refractivity contribution in [1.82, 2.24) is 0 Å². The minimum absolute atomic E-state index is 0.0440. The molecule has 8 heteroatoms. The summed E-state index contributed by atoms with van der Waals surface area (Å²) in [5, 5.41) is 4.90. The molecule has 22 heavy (non-hydrogen) atoms. The maximum absolute atomic E-state index is 13.9. The lowest BCUT2D eigenvalue weighted by molar-refractivity contribution is 0.103. The minimum atomic E-state index is -4.09. The van der Waals surface area contributed by atoms with E-state index in [-0.39, 0.29) is 21.9 Å². The monoisotopic (exact) mass is 343 g/mol. The Hall–Kier alpha value is -1.96. The Kier molecular flexibility index (Phi) is 4.50. The summed E-state index contributed by atoms with van der Waals surface area (Å²) in [5.74, 6) is -1.21. The molecule has 0 aliphatic rings. The molecule has 2 rings (SSSR count). The highest BCUT2D eigenvalue weighted by Crippen LogP contribution is 2.24. The molecule has 0 radical (unpaired) electrons.